The van der Waals surface area contributed by atoms with Gasteiger partial charge in [-0.25, -0.2) is 13.8 Å². The molecule has 0 radical (unpaired) electrons. The third-order valence-electron chi connectivity index (χ3n) is 13.7. The summed E-state index contributed by atoms with van der Waals surface area (Å²) < 4.78 is 63.4. The van der Waals surface area contributed by atoms with Crippen molar-refractivity contribution in [2.75, 3.05) is 13.2 Å². The number of nitrogens with zero attached hydrogens (tertiary/aromatic N) is 7. The largest absolute Gasteiger partial charge is 0.414 e. The minimum Gasteiger partial charge on any atom is -0.414 e. The second-order valence-corrected chi connectivity index (χ2v) is 31.3. The fourth-order valence-electron chi connectivity index (χ4n) is 7.82. The van der Waals surface area contributed by atoms with Gasteiger partial charge >= 0.3 is 11.4 Å². The first-order valence-corrected chi connectivity index (χ1v) is 29.2. The number of unbranched alkanes of at least 4 members (excludes halogenated alkanes) is 4. The fraction of sp³-hybridized carbons (Fsp3) is 0.756. The molecule has 7 atom stereocenters. The van der Waals surface area contributed by atoms with Crippen LogP contribution in [-0.4, -0.2) is 91.6 Å². The Labute approximate surface area is 376 Å². The predicted molar refractivity (Wildman–Crippen MR) is 245 cm³/mol. The van der Waals surface area contributed by atoms with E-state index in [1.807, 2.05) is 33.9 Å². The molecule has 2 aromatic rings. The lowest BCUT2D eigenvalue weighted by molar-refractivity contribution is -0.0567. The zero-order chi connectivity index (χ0) is 48.0. The summed E-state index contributed by atoms with van der Waals surface area (Å²) in [7, 11) is -9.54. The molecule has 0 saturated carbocycles. The van der Waals surface area contributed by atoms with Crippen molar-refractivity contribution in [3.8, 4) is 0 Å². The van der Waals surface area contributed by atoms with Crippen molar-refractivity contribution in [1.82, 2.24) is 18.3 Å². The number of aliphatic hydroxyl groups is 1. The molecule has 0 aliphatic carbocycles. The van der Waals surface area contributed by atoms with Crippen LogP contribution < -0.4 is 28.2 Å². The Balaban J connectivity index is 1.36. The summed E-state index contributed by atoms with van der Waals surface area (Å²) in [6, 6.07) is -0.665. The summed E-state index contributed by atoms with van der Waals surface area (Å²) in [6.07, 6.45) is 0.652. The van der Waals surface area contributed by atoms with Gasteiger partial charge in [0.1, 0.15) is 18.4 Å². The Morgan fingerprint density at radius 2 is 1.39 bits per heavy atom. The molecule has 0 aromatic carbocycles. The molecule has 5 heterocycles. The molecule has 20 nitrogen and oxygen atoms in total. The van der Waals surface area contributed by atoms with Crippen molar-refractivity contribution >= 4 is 26.8 Å². The predicted octanol–water partition coefficient (Wildman–Crippen LogP) is 4.77. The van der Waals surface area contributed by atoms with Crippen LogP contribution in [0.25, 0.3) is 10.4 Å². The molecule has 2 saturated heterocycles. The number of rotatable bonds is 17. The lowest BCUT2D eigenvalue weighted by Crippen LogP contribution is -2.59. The van der Waals surface area contributed by atoms with Gasteiger partial charge in [0.25, 0.3) is 21.2 Å². The van der Waals surface area contributed by atoms with Gasteiger partial charge in [0.05, 0.1) is 36.5 Å². The topological polar surface area (TPSA) is 263 Å². The van der Waals surface area contributed by atoms with Gasteiger partial charge in [-0.1, -0.05) is 65.9 Å². The summed E-state index contributed by atoms with van der Waals surface area (Å²) in [4.78, 5) is 57.4. The van der Waals surface area contributed by atoms with E-state index in [9.17, 15) is 32.7 Å². The van der Waals surface area contributed by atoms with Crippen molar-refractivity contribution in [2.24, 2.45) is 10.8 Å². The fourth-order valence-corrected chi connectivity index (χ4v) is 11.3. The molecule has 3 aliphatic rings. The smallest absolute Gasteiger partial charge is 0.333 e. The van der Waals surface area contributed by atoms with Gasteiger partial charge in [-0.2, -0.15) is 8.42 Å². The first kappa shape index (κ1) is 51.3. The van der Waals surface area contributed by atoms with Crippen molar-refractivity contribution in [2.45, 2.75) is 186 Å². The highest BCUT2D eigenvalue weighted by Gasteiger charge is 2.67. The van der Waals surface area contributed by atoms with Crippen molar-refractivity contribution < 1.29 is 36.0 Å². The van der Waals surface area contributed by atoms with Gasteiger partial charge in [-0.15, -0.1) is 0 Å². The molecule has 3 aliphatic heterocycles. The van der Waals surface area contributed by atoms with E-state index in [0.29, 0.717) is 37.7 Å². The summed E-state index contributed by atoms with van der Waals surface area (Å²) in [6.45, 7) is 23.3. The zero-order valence-electron chi connectivity index (χ0n) is 39.3. The first-order chi connectivity index (χ1) is 29.5. The van der Waals surface area contributed by atoms with E-state index >= 15 is 0 Å². The average molecular weight is 953 g/mol. The lowest BCUT2D eigenvalue weighted by atomic mass is 9.89. The summed E-state index contributed by atoms with van der Waals surface area (Å²) in [5.74, 6) is 0. The van der Waals surface area contributed by atoms with Crippen LogP contribution in [0.4, 0.5) is 0 Å². The first-order valence-electron chi connectivity index (χ1n) is 21.9. The second kappa shape index (κ2) is 18.9. The van der Waals surface area contributed by atoms with Crippen LogP contribution in [0.1, 0.15) is 104 Å². The maximum absolute atomic E-state index is 14.5. The van der Waals surface area contributed by atoms with Gasteiger partial charge < -0.3 is 29.2 Å². The molecular formula is C41H68N8O12SSi2. The summed E-state index contributed by atoms with van der Waals surface area (Å²) >= 11 is 0. The Morgan fingerprint density at radius 3 is 1.88 bits per heavy atom. The van der Waals surface area contributed by atoms with Crippen molar-refractivity contribution in [1.29, 1.82) is 0 Å². The maximum Gasteiger partial charge on any atom is 0.333 e. The molecule has 2 fully saturated rings. The van der Waals surface area contributed by atoms with Crippen LogP contribution in [0.5, 0.6) is 0 Å². The molecule has 5 rings (SSSR count). The van der Waals surface area contributed by atoms with Crippen molar-refractivity contribution in [3.05, 3.63) is 86.7 Å². The minimum absolute atomic E-state index is 0.0743. The molecule has 23 heteroatoms. The number of aromatic nitrogens is 4. The van der Waals surface area contributed by atoms with Crippen LogP contribution >= 0.6 is 0 Å². The molecule has 2 aromatic heterocycles. The van der Waals surface area contributed by atoms with Crippen LogP contribution in [0, 0.1) is 13.8 Å². The molecular weight excluding hydrogens is 885 g/mol. The molecule has 1 unspecified atom stereocenters. The third kappa shape index (κ3) is 10.2. The van der Waals surface area contributed by atoms with E-state index < -0.39 is 98.3 Å². The number of nitrogens with two attached hydrogens (primary N) is 1. The van der Waals surface area contributed by atoms with E-state index in [-0.39, 0.29) is 47.5 Å². The molecule has 1 spiro atoms. The Kier molecular flexibility index (Phi) is 15.2. The number of hydrogen-bond acceptors (Lipinski definition) is 14. The van der Waals surface area contributed by atoms with E-state index in [4.69, 9.17) is 33.8 Å². The summed E-state index contributed by atoms with van der Waals surface area (Å²) in [5, 5.41) is 13.7. The van der Waals surface area contributed by atoms with E-state index in [1.54, 1.807) is 13.8 Å². The SMILES string of the molecule is Cc1cn([C@@H]2O[C@H](CO[Si](C)(C)C(C)(C)C)C3(OS(=O)(=O)C=C3N)[C@H]2O[Si](C)(C)C(C)(C)C)c(=O)n(CCCCCCCn2c(=O)c(C)cn([C@H]3C[C@H](N=[N+]=[N-])[C@@H](CO)O3)c2=O)c1=O. The number of aliphatic hydroxyl groups excluding tert-OH is 1. The van der Waals surface area contributed by atoms with E-state index in [0.717, 1.165) is 14.5 Å². The monoisotopic (exact) mass is 952 g/mol. The highest BCUT2D eigenvalue weighted by atomic mass is 32.2. The van der Waals surface area contributed by atoms with E-state index in [2.05, 4.69) is 43.9 Å². The van der Waals surface area contributed by atoms with Crippen LogP contribution in [-0.2, 0) is 45.7 Å². The highest BCUT2D eigenvalue weighted by Crippen LogP contribution is 2.52. The molecule has 0 amide bonds. The van der Waals surface area contributed by atoms with Gasteiger partial charge in [-0.05, 0) is 68.5 Å². The highest BCUT2D eigenvalue weighted by molar-refractivity contribution is 7.90. The minimum atomic E-state index is -4.30. The van der Waals surface area contributed by atoms with Gasteiger partial charge in [-0.3, -0.25) is 27.9 Å². The summed E-state index contributed by atoms with van der Waals surface area (Å²) in [5.41, 5.74) is 12.0. The van der Waals surface area contributed by atoms with Crippen LogP contribution in [0.3, 0.4) is 0 Å². The number of aryl methyl sites for hydroxylation is 2. The Bertz CT molecular complexity index is 2500. The molecule has 64 heavy (non-hydrogen) atoms. The quantitative estimate of drug-likeness (QED) is 0.0541. The van der Waals surface area contributed by atoms with Crippen LogP contribution in [0.2, 0.25) is 36.3 Å². The third-order valence-corrected chi connectivity index (χ3v) is 23.7. The lowest BCUT2D eigenvalue weighted by Gasteiger charge is -2.43. The van der Waals surface area contributed by atoms with Gasteiger partial charge in [0, 0.05) is 47.9 Å². The second-order valence-electron chi connectivity index (χ2n) is 20.3. The normalized spacial score (nSPS) is 26.1. The number of ether oxygens (including phenoxy) is 2. The Hall–Kier alpha value is -3.65. The number of azide groups is 1. The zero-order valence-corrected chi connectivity index (χ0v) is 42.1. The maximum atomic E-state index is 14.5. The van der Waals surface area contributed by atoms with Crippen LogP contribution in [0.15, 0.2) is 47.8 Å². The van der Waals surface area contributed by atoms with Gasteiger partial charge in [0.15, 0.2) is 28.5 Å². The molecule has 0 bridgehead atoms. The molecule has 358 valence electrons. The van der Waals surface area contributed by atoms with E-state index in [1.165, 1.54) is 21.5 Å². The standard InChI is InChI=1S/C41H68N8O12SSi2/c1-26-21-48(32-20-28(44-45-43)29(23-50)58-32)37(53)46(34(26)51)18-16-14-13-15-17-19-47-35(52)27(2)22-49(38(47)54)36-33(60-64(11,12)40(6,7)8)41(30(42)25-62(55,56)61-41)31(59-36)24-57-63(9,10)39(3,4)5/h21-22,25,28-29,31-33,36,50H,13-20,23-24,42H2,1-12H3/t28-,29+,31+,32+,33-,36+,41?/m0/s1. The Morgan fingerprint density at radius 1 is 0.875 bits per heavy atom. The van der Waals surface area contributed by atoms with Gasteiger partial charge in [0.2, 0.25) is 0 Å². The average Bonchev–Trinajstić information content (AvgIpc) is 3.80. The number of hydrogen-bond donors (Lipinski definition) is 2. The molecule has 3 N–H and O–H groups in total. The van der Waals surface area contributed by atoms with Crippen molar-refractivity contribution in [3.63, 3.8) is 0 Å².